The lowest BCUT2D eigenvalue weighted by Gasteiger charge is -2.15. The number of amidine groups is 1. The minimum absolute atomic E-state index is 0.0207. The fourth-order valence-corrected chi connectivity index (χ4v) is 4.75. The van der Waals surface area contributed by atoms with Crippen molar-refractivity contribution in [3.8, 4) is 34.0 Å². The molecule has 0 aliphatic rings. The summed E-state index contributed by atoms with van der Waals surface area (Å²) >= 11 is 0. The first kappa shape index (κ1) is 29.5. The van der Waals surface area contributed by atoms with Crippen LogP contribution in [-0.2, 0) is 30.8 Å². The van der Waals surface area contributed by atoms with Gasteiger partial charge in [0.2, 0.25) is 15.9 Å². The molecular formula is C26H25N6O9S+. The van der Waals surface area contributed by atoms with E-state index in [1.165, 1.54) is 12.1 Å². The zero-order valence-corrected chi connectivity index (χ0v) is 22.3. The van der Waals surface area contributed by atoms with E-state index in [1.54, 1.807) is 18.2 Å². The fourth-order valence-electron chi connectivity index (χ4n) is 4.21. The third-order valence-corrected chi connectivity index (χ3v) is 7.10. The summed E-state index contributed by atoms with van der Waals surface area (Å²) in [5.41, 5.74) is 6.77. The maximum Gasteiger partial charge on any atom is 0.518 e. The monoisotopic (exact) mass is 597 g/mol. The number of amides is 1. The van der Waals surface area contributed by atoms with Gasteiger partial charge in [-0.15, -0.1) is 0 Å². The number of sulfonamides is 1. The Hall–Kier alpha value is -5.48. The predicted octanol–water partition coefficient (Wildman–Crippen LogP) is -0.00723. The van der Waals surface area contributed by atoms with E-state index < -0.39 is 58.3 Å². The highest BCUT2D eigenvalue weighted by atomic mass is 32.2. The van der Waals surface area contributed by atoms with Crippen molar-refractivity contribution >= 4 is 44.7 Å². The van der Waals surface area contributed by atoms with E-state index in [0.717, 1.165) is 18.2 Å². The summed E-state index contributed by atoms with van der Waals surface area (Å²) in [4.78, 5) is 42.4. The van der Waals surface area contributed by atoms with Gasteiger partial charge >= 0.3 is 11.9 Å². The molecule has 1 aromatic heterocycles. The molecule has 0 bridgehead atoms. The van der Waals surface area contributed by atoms with E-state index in [0.29, 0.717) is 16.6 Å². The molecule has 1 heterocycles. The molecule has 0 saturated heterocycles. The lowest BCUT2D eigenvalue weighted by molar-refractivity contribution is -0.147. The number of carboxylic acids is 1. The highest BCUT2D eigenvalue weighted by molar-refractivity contribution is 7.89. The number of nitrogens with one attached hydrogen (secondary N) is 3. The van der Waals surface area contributed by atoms with Gasteiger partial charge in [0.1, 0.15) is 35.6 Å². The molecule has 16 heteroatoms. The Bertz CT molecular complexity index is 1880. The molecule has 15 nitrogen and oxygen atoms in total. The number of fused-ring (bicyclic) bond motifs is 1. The second-order valence-corrected chi connectivity index (χ2v) is 10.8. The number of phenols is 2. The van der Waals surface area contributed by atoms with Crippen LogP contribution in [0.15, 0.2) is 53.4 Å². The van der Waals surface area contributed by atoms with Crippen LogP contribution in [0.5, 0.6) is 11.5 Å². The van der Waals surface area contributed by atoms with E-state index in [4.69, 9.17) is 21.4 Å². The number of aromatic nitrogens is 2. The average Bonchev–Trinajstić information content (AvgIpc) is 3.32. The van der Waals surface area contributed by atoms with Crippen LogP contribution in [-0.4, -0.2) is 68.5 Å². The number of benzene rings is 3. The molecule has 0 aliphatic heterocycles. The molecule has 218 valence electrons. The van der Waals surface area contributed by atoms with E-state index in [-0.39, 0.29) is 38.8 Å². The van der Waals surface area contributed by atoms with Gasteiger partial charge in [-0.25, -0.2) is 23.3 Å². The second-order valence-electron chi connectivity index (χ2n) is 9.26. The van der Waals surface area contributed by atoms with Gasteiger partial charge in [0.05, 0.1) is 27.9 Å². The summed E-state index contributed by atoms with van der Waals surface area (Å²) in [6, 6.07) is 8.87. The number of carboxylic acid groups (broad SMARTS) is 1. The smallest absolute Gasteiger partial charge is 0.518 e. The van der Waals surface area contributed by atoms with Gasteiger partial charge < -0.3 is 36.5 Å². The number of nitrogens with zero attached hydrogens (tertiary/aromatic N) is 1. The molecule has 0 fully saturated rings. The van der Waals surface area contributed by atoms with E-state index in [1.807, 2.05) is 0 Å². The maximum absolute atomic E-state index is 12.8. The first-order chi connectivity index (χ1) is 19.6. The number of rotatable bonds is 10. The Kier molecular flexibility index (Phi) is 7.86. The van der Waals surface area contributed by atoms with Crippen molar-refractivity contribution < 1.29 is 43.2 Å². The highest BCUT2D eigenvalue weighted by Gasteiger charge is 2.27. The zero-order chi connectivity index (χ0) is 30.9. The van der Waals surface area contributed by atoms with Gasteiger partial charge in [-0.05, 0) is 54.1 Å². The van der Waals surface area contributed by atoms with Gasteiger partial charge in [0.15, 0.2) is 0 Å². The molecule has 0 unspecified atom stereocenters. The number of aromatic amines is 1. The molecule has 3 aromatic carbocycles. The molecule has 0 aliphatic carbocycles. The fraction of sp³-hybridized carbons (Fsp3) is 0.115. The minimum atomic E-state index is -4.22. The molecule has 1 amide bonds. The van der Waals surface area contributed by atoms with Crippen LogP contribution < -0.4 is 16.2 Å². The number of imidazole rings is 1. The van der Waals surface area contributed by atoms with Gasteiger partial charge in [0.25, 0.3) is 0 Å². The summed E-state index contributed by atoms with van der Waals surface area (Å²) in [6.45, 7) is 0. The van der Waals surface area contributed by atoms with Crippen LogP contribution in [0.25, 0.3) is 33.5 Å². The number of hydrogen-bond acceptors (Lipinski definition) is 9. The van der Waals surface area contributed by atoms with Gasteiger partial charge in [-0.1, -0.05) is 0 Å². The van der Waals surface area contributed by atoms with E-state index >= 15 is 0 Å². The number of hydrogen-bond donors (Lipinski definition) is 8. The van der Waals surface area contributed by atoms with Crippen molar-refractivity contribution in [2.45, 2.75) is 23.8 Å². The number of nitrogen functional groups attached to an aromatic ring is 1. The number of aromatic hydroxyl groups is 2. The Morgan fingerprint density at radius 1 is 1.05 bits per heavy atom. The highest BCUT2D eigenvalue weighted by Crippen LogP contribution is 2.42. The Balaban J connectivity index is 1.87. The van der Waals surface area contributed by atoms with Gasteiger partial charge in [-0.3, -0.25) is 10.2 Å². The lowest BCUT2D eigenvalue weighted by atomic mass is 9.95. The predicted molar refractivity (Wildman–Crippen MR) is 149 cm³/mol. The van der Waals surface area contributed by atoms with Crippen LogP contribution in [0.1, 0.15) is 17.5 Å². The third-order valence-electron chi connectivity index (χ3n) is 6.19. The van der Waals surface area contributed by atoms with Crippen molar-refractivity contribution in [1.29, 1.82) is 5.41 Å². The van der Waals surface area contributed by atoms with Crippen molar-refractivity contribution in [1.82, 2.24) is 15.3 Å². The van der Waals surface area contributed by atoms with Crippen molar-refractivity contribution in [2.24, 2.45) is 10.9 Å². The van der Waals surface area contributed by atoms with Crippen LogP contribution in [0, 0.1) is 5.41 Å². The van der Waals surface area contributed by atoms with Crippen LogP contribution in [0.4, 0.5) is 0 Å². The standard InChI is InChI=1S/C26H24N6O9S/c27-24(28)12-1-3-17-18(8-12)32-25(31-17)16-6-11(7-21(34)30-19(26(38)39)10-22(35)36)5-15(23(16)37)14-9-13(42(29,40)41)2-4-20(14)33/h1-6,8-9,19,33,37H,7,10H2,(H3,27,28)(H,30,34)(H,31,32)(H,35,36)(H,38,39)(H2,29,40,41)/p+1/t19-/m0/s1. The maximum atomic E-state index is 12.8. The molecule has 0 spiro atoms. The quantitative estimate of drug-likeness (QED) is 0.0687. The molecule has 12 N–H and O–H groups in total. The summed E-state index contributed by atoms with van der Waals surface area (Å²) in [6.07, 6.45) is -1.25. The first-order valence-corrected chi connectivity index (χ1v) is 13.5. The second kappa shape index (κ2) is 11.2. The SMILES string of the molecule is N=C(N)c1ccc2nc(-c3cc(CC(=O)N[C@@H](CC(=O)[OH2+])C(=O)O)cc(-c4cc(S(N)(=O)=O)ccc4O)c3O)[nH]c2c1. The molecule has 4 rings (SSSR count). The Morgan fingerprint density at radius 2 is 1.74 bits per heavy atom. The number of phenolic OH excluding ortho intramolecular Hbond substituents is 2. The number of primary sulfonamides is 1. The summed E-state index contributed by atoms with van der Waals surface area (Å²) in [7, 11) is -4.22. The number of carbonyl (C=O) groups excluding carboxylic acids is 2. The van der Waals surface area contributed by atoms with Crippen molar-refractivity contribution in [2.75, 3.05) is 0 Å². The molecule has 4 aromatic rings. The molecular weight excluding hydrogens is 572 g/mol. The summed E-state index contributed by atoms with van der Waals surface area (Å²) in [5.74, 6) is -4.55. The Morgan fingerprint density at radius 3 is 2.36 bits per heavy atom. The van der Waals surface area contributed by atoms with Crippen LogP contribution >= 0.6 is 0 Å². The van der Waals surface area contributed by atoms with E-state index in [9.17, 15) is 38.1 Å². The average molecular weight is 598 g/mol. The number of carbonyl (C=O) groups is 3. The number of nitrogens with two attached hydrogens (primary N) is 2. The number of H-pyrrole nitrogens is 1. The zero-order valence-electron chi connectivity index (χ0n) is 21.5. The molecule has 0 radical (unpaired) electrons. The van der Waals surface area contributed by atoms with Crippen molar-refractivity contribution in [3.05, 3.63) is 59.7 Å². The third kappa shape index (κ3) is 6.29. The molecule has 0 saturated carbocycles. The van der Waals surface area contributed by atoms with Gasteiger partial charge in [0, 0.05) is 21.5 Å². The van der Waals surface area contributed by atoms with Crippen molar-refractivity contribution in [3.63, 3.8) is 0 Å². The molecule has 1 atom stereocenters. The molecule has 42 heavy (non-hydrogen) atoms. The summed E-state index contributed by atoms with van der Waals surface area (Å²) < 4.78 is 24.0. The van der Waals surface area contributed by atoms with Crippen LogP contribution in [0.2, 0.25) is 0 Å². The first-order valence-electron chi connectivity index (χ1n) is 12.0. The number of aliphatic carboxylic acids is 1. The normalized spacial score (nSPS) is 12.1. The van der Waals surface area contributed by atoms with E-state index in [2.05, 4.69) is 15.3 Å². The van der Waals surface area contributed by atoms with Crippen LogP contribution in [0.3, 0.4) is 0 Å². The summed E-state index contributed by atoms with van der Waals surface area (Å²) in [5, 5.41) is 53.3. The largest absolute Gasteiger partial charge is 0.565 e. The van der Waals surface area contributed by atoms with Gasteiger partial charge in [-0.2, -0.15) is 0 Å². The Labute approximate surface area is 237 Å². The minimum Gasteiger partial charge on any atom is -0.565 e. The topological polar surface area (TPSA) is 286 Å². The lowest BCUT2D eigenvalue weighted by Crippen LogP contribution is -2.42.